The van der Waals surface area contributed by atoms with E-state index in [2.05, 4.69) is 27.8 Å². The van der Waals surface area contributed by atoms with Gasteiger partial charge in [0.15, 0.2) is 0 Å². The van der Waals surface area contributed by atoms with Crippen molar-refractivity contribution in [2.24, 2.45) is 0 Å². The van der Waals surface area contributed by atoms with Gasteiger partial charge >= 0.3 is 6.03 Å². The van der Waals surface area contributed by atoms with Gasteiger partial charge in [-0.1, -0.05) is 78.6 Å². The molecular weight excluding hydrogens is 402 g/mol. The highest BCUT2D eigenvalue weighted by Crippen LogP contribution is 2.21. The first-order valence-corrected chi connectivity index (χ1v) is 10.2. The van der Waals surface area contributed by atoms with E-state index in [-0.39, 0.29) is 31.1 Å². The smallest absolute Gasteiger partial charge is 0.316 e. The van der Waals surface area contributed by atoms with Crippen LogP contribution in [0.2, 0.25) is 0 Å². The molecule has 0 radical (unpaired) electrons. The molecular formula is C26H25N3O3. The van der Waals surface area contributed by atoms with Crippen LogP contribution in [0.3, 0.4) is 0 Å². The minimum atomic E-state index is -0.305. The van der Waals surface area contributed by atoms with E-state index >= 15 is 0 Å². The van der Waals surface area contributed by atoms with E-state index in [0.29, 0.717) is 11.4 Å². The zero-order valence-electron chi connectivity index (χ0n) is 17.8. The van der Waals surface area contributed by atoms with Crippen molar-refractivity contribution in [3.05, 3.63) is 96.1 Å². The molecule has 0 aliphatic heterocycles. The summed E-state index contributed by atoms with van der Waals surface area (Å²) in [6.07, 6.45) is 0. The predicted octanol–water partition coefficient (Wildman–Crippen LogP) is 4.12. The van der Waals surface area contributed by atoms with Crippen LogP contribution in [0.15, 0.2) is 84.9 Å². The minimum absolute atomic E-state index is 0.145. The highest BCUT2D eigenvalue weighted by Gasteiger charge is 2.15. The second-order valence-electron chi connectivity index (χ2n) is 6.93. The molecule has 0 aliphatic carbocycles. The number of rotatable bonds is 7. The lowest BCUT2D eigenvalue weighted by Gasteiger charge is -2.19. The lowest BCUT2D eigenvalue weighted by atomic mass is 9.99. The number of benzene rings is 3. The molecule has 3 aromatic rings. The summed E-state index contributed by atoms with van der Waals surface area (Å²) in [5.41, 5.74) is 2.65. The number of carbonyl (C=O) groups excluding carboxylic acids is 2. The average Bonchev–Trinajstić information content (AvgIpc) is 2.81. The van der Waals surface area contributed by atoms with Gasteiger partial charge in [0.05, 0.1) is 12.6 Å². The molecule has 0 bridgehead atoms. The van der Waals surface area contributed by atoms with Crippen LogP contribution < -0.4 is 20.7 Å². The van der Waals surface area contributed by atoms with Crippen LogP contribution in [0.1, 0.15) is 24.1 Å². The summed E-state index contributed by atoms with van der Waals surface area (Å²) in [7, 11) is 0. The highest BCUT2D eigenvalue weighted by molar-refractivity contribution is 5.88. The summed E-state index contributed by atoms with van der Waals surface area (Å²) in [5, 5.41) is 8.46. The Balaban J connectivity index is 1.48. The molecule has 32 heavy (non-hydrogen) atoms. The van der Waals surface area contributed by atoms with Gasteiger partial charge in [0, 0.05) is 18.7 Å². The Hall–Kier alpha value is -4.24. The van der Waals surface area contributed by atoms with Crippen molar-refractivity contribution in [1.82, 2.24) is 10.6 Å². The Bertz CT molecular complexity index is 1050. The summed E-state index contributed by atoms with van der Waals surface area (Å²) in [6.45, 7) is 1.81. The Labute approximate surface area is 188 Å². The molecule has 0 atom stereocenters. The normalized spacial score (nSPS) is 9.94. The summed E-state index contributed by atoms with van der Waals surface area (Å²) in [6, 6.07) is 26.1. The van der Waals surface area contributed by atoms with Crippen LogP contribution in [0.4, 0.5) is 10.5 Å². The van der Waals surface area contributed by atoms with Gasteiger partial charge in [0.1, 0.15) is 12.4 Å². The molecule has 0 heterocycles. The number of amides is 3. The molecule has 6 heteroatoms. The number of ether oxygens (including phenoxy) is 1. The van der Waals surface area contributed by atoms with Gasteiger partial charge in [-0.15, -0.1) is 0 Å². The number of nitrogens with one attached hydrogen (secondary N) is 3. The maximum Gasteiger partial charge on any atom is 0.316 e. The Morgan fingerprint density at radius 3 is 2.16 bits per heavy atom. The van der Waals surface area contributed by atoms with Gasteiger partial charge in [-0.2, -0.15) is 0 Å². The molecule has 0 unspecified atom stereocenters. The SMILES string of the molecule is CC(=O)Nc1cccc(OCC#CCNC(=O)NC(c2ccccc2)c2ccccc2)c1. The second kappa shape index (κ2) is 11.8. The van der Waals surface area contributed by atoms with Gasteiger partial charge in [-0.05, 0) is 23.3 Å². The highest BCUT2D eigenvalue weighted by atomic mass is 16.5. The van der Waals surface area contributed by atoms with Crippen LogP contribution in [0.25, 0.3) is 0 Å². The molecule has 0 fully saturated rings. The average molecular weight is 428 g/mol. The minimum Gasteiger partial charge on any atom is -0.481 e. The molecule has 3 N–H and O–H groups in total. The molecule has 0 aromatic heterocycles. The quantitative estimate of drug-likeness (QED) is 0.497. The maximum atomic E-state index is 12.4. The Morgan fingerprint density at radius 2 is 1.53 bits per heavy atom. The van der Waals surface area contributed by atoms with E-state index in [9.17, 15) is 9.59 Å². The van der Waals surface area contributed by atoms with Gasteiger partial charge in [-0.25, -0.2) is 4.79 Å². The fourth-order valence-electron chi connectivity index (χ4n) is 3.06. The van der Waals surface area contributed by atoms with Gasteiger partial charge < -0.3 is 20.7 Å². The van der Waals surface area contributed by atoms with Crippen LogP contribution in [0, 0.1) is 11.8 Å². The lowest BCUT2D eigenvalue weighted by Crippen LogP contribution is -2.38. The Morgan fingerprint density at radius 1 is 0.875 bits per heavy atom. The molecule has 162 valence electrons. The van der Waals surface area contributed by atoms with E-state index in [1.165, 1.54) is 6.92 Å². The summed E-state index contributed by atoms with van der Waals surface area (Å²) >= 11 is 0. The standard InChI is InChI=1S/C26H25N3O3/c1-20(30)28-23-15-10-16-24(19-23)32-18-9-8-17-27-26(31)29-25(21-11-4-2-5-12-21)22-13-6-3-7-14-22/h2-7,10-16,19,25H,17-18H2,1H3,(H,28,30)(H2,27,29,31). The fourth-order valence-corrected chi connectivity index (χ4v) is 3.06. The summed E-state index contributed by atoms with van der Waals surface area (Å²) < 4.78 is 5.56. The molecule has 3 aromatic carbocycles. The maximum absolute atomic E-state index is 12.4. The van der Waals surface area contributed by atoms with Crippen LogP contribution in [0.5, 0.6) is 5.75 Å². The lowest BCUT2D eigenvalue weighted by molar-refractivity contribution is -0.114. The first-order valence-electron chi connectivity index (χ1n) is 10.2. The van der Waals surface area contributed by atoms with Crippen molar-refractivity contribution in [2.45, 2.75) is 13.0 Å². The summed E-state index contributed by atoms with van der Waals surface area (Å²) in [4.78, 5) is 23.6. The van der Waals surface area contributed by atoms with E-state index in [4.69, 9.17) is 4.74 Å². The van der Waals surface area contributed by atoms with Crippen LogP contribution >= 0.6 is 0 Å². The largest absolute Gasteiger partial charge is 0.481 e. The van der Waals surface area contributed by atoms with Crippen LogP contribution in [-0.2, 0) is 4.79 Å². The van der Waals surface area contributed by atoms with Crippen molar-refractivity contribution < 1.29 is 14.3 Å². The Kier molecular flexibility index (Phi) is 8.29. The number of urea groups is 1. The van der Waals surface area contributed by atoms with E-state index in [0.717, 1.165) is 11.1 Å². The van der Waals surface area contributed by atoms with Crippen LogP contribution in [-0.4, -0.2) is 25.1 Å². The number of hydrogen-bond acceptors (Lipinski definition) is 3. The third-order valence-electron chi connectivity index (χ3n) is 4.47. The van der Waals surface area contributed by atoms with E-state index in [1.807, 2.05) is 60.7 Å². The van der Waals surface area contributed by atoms with Gasteiger partial charge in [0.2, 0.25) is 5.91 Å². The van der Waals surface area contributed by atoms with E-state index in [1.54, 1.807) is 24.3 Å². The third kappa shape index (κ3) is 7.22. The van der Waals surface area contributed by atoms with Gasteiger partial charge in [-0.3, -0.25) is 4.79 Å². The zero-order valence-corrected chi connectivity index (χ0v) is 17.8. The third-order valence-corrected chi connectivity index (χ3v) is 4.47. The van der Waals surface area contributed by atoms with Gasteiger partial charge in [0.25, 0.3) is 0 Å². The van der Waals surface area contributed by atoms with Crippen molar-refractivity contribution in [1.29, 1.82) is 0 Å². The number of hydrogen-bond donors (Lipinski definition) is 3. The number of carbonyl (C=O) groups is 2. The molecule has 3 amide bonds. The van der Waals surface area contributed by atoms with Crippen molar-refractivity contribution >= 4 is 17.6 Å². The molecule has 0 saturated carbocycles. The van der Waals surface area contributed by atoms with Crippen molar-refractivity contribution in [3.63, 3.8) is 0 Å². The zero-order chi connectivity index (χ0) is 22.6. The molecule has 6 nitrogen and oxygen atoms in total. The fraction of sp³-hybridized carbons (Fsp3) is 0.154. The van der Waals surface area contributed by atoms with Crippen molar-refractivity contribution in [2.75, 3.05) is 18.5 Å². The number of anilines is 1. The monoisotopic (exact) mass is 427 g/mol. The first-order chi connectivity index (χ1) is 15.6. The molecule has 0 saturated heterocycles. The molecule has 3 rings (SSSR count). The molecule has 0 spiro atoms. The van der Waals surface area contributed by atoms with E-state index < -0.39 is 0 Å². The van der Waals surface area contributed by atoms with Crippen molar-refractivity contribution in [3.8, 4) is 17.6 Å². The topological polar surface area (TPSA) is 79.5 Å². The first kappa shape index (κ1) is 22.4. The predicted molar refractivity (Wildman–Crippen MR) is 125 cm³/mol. The molecule has 0 aliphatic rings. The summed E-state index contributed by atoms with van der Waals surface area (Å²) in [5.74, 6) is 6.19. The second-order valence-corrected chi connectivity index (χ2v) is 6.93.